The Hall–Kier alpha value is -1.22. The zero-order chi connectivity index (χ0) is 16.8. The van der Waals surface area contributed by atoms with E-state index in [4.69, 9.17) is 22.1 Å². The summed E-state index contributed by atoms with van der Waals surface area (Å²) in [5, 5.41) is 12.2. The van der Waals surface area contributed by atoms with Gasteiger partial charge in [0.15, 0.2) is 5.11 Å². The van der Waals surface area contributed by atoms with Crippen LogP contribution in [0.3, 0.4) is 0 Å². The van der Waals surface area contributed by atoms with Crippen LogP contribution >= 0.6 is 28.1 Å². The van der Waals surface area contributed by atoms with Gasteiger partial charge in [-0.05, 0) is 46.3 Å². The molecule has 1 aliphatic rings. The molecule has 0 spiro atoms. The highest BCUT2D eigenvalue weighted by atomic mass is 79.9. The molecule has 23 heavy (non-hydrogen) atoms. The number of carbonyl (C=O) groups is 1. The molecule has 0 bridgehead atoms. The maximum atomic E-state index is 12.3. The summed E-state index contributed by atoms with van der Waals surface area (Å²) in [5.74, 6) is 0.440. The fourth-order valence-electron chi connectivity index (χ4n) is 2.49. The van der Waals surface area contributed by atoms with Gasteiger partial charge in [0.1, 0.15) is 12.3 Å². The Labute approximate surface area is 149 Å². The minimum absolute atomic E-state index is 0.197. The second kappa shape index (κ2) is 8.58. The van der Waals surface area contributed by atoms with Gasteiger partial charge in [0.05, 0.1) is 44.4 Å². The molecular weight excluding hydrogens is 382 g/mol. The van der Waals surface area contributed by atoms with Crippen LogP contribution < -0.4 is 15.0 Å². The van der Waals surface area contributed by atoms with Crippen LogP contribution in [0.15, 0.2) is 22.7 Å². The van der Waals surface area contributed by atoms with Crippen LogP contribution in [0.5, 0.6) is 5.75 Å². The largest absolute Gasteiger partial charge is 0.496 e. The lowest BCUT2D eigenvalue weighted by Gasteiger charge is -2.33. The lowest BCUT2D eigenvalue weighted by molar-refractivity contribution is -0.904. The molecule has 0 aliphatic carbocycles. The van der Waals surface area contributed by atoms with Crippen LogP contribution in [0.25, 0.3) is 0 Å². The Balaban J connectivity index is 1.90. The summed E-state index contributed by atoms with van der Waals surface area (Å²) in [6, 6.07) is 5.14. The summed E-state index contributed by atoms with van der Waals surface area (Å²) in [6.45, 7) is 4.33. The van der Waals surface area contributed by atoms with Crippen molar-refractivity contribution in [3.05, 3.63) is 28.2 Å². The van der Waals surface area contributed by atoms with Gasteiger partial charge < -0.3 is 19.6 Å². The number of nitrogens with zero attached hydrogens (tertiary/aromatic N) is 1. The van der Waals surface area contributed by atoms with Crippen LogP contribution in [-0.4, -0.2) is 67.5 Å². The summed E-state index contributed by atoms with van der Waals surface area (Å²) in [6.07, 6.45) is 0. The van der Waals surface area contributed by atoms with E-state index in [9.17, 15) is 4.79 Å². The van der Waals surface area contributed by atoms with Gasteiger partial charge >= 0.3 is 0 Å². The Morgan fingerprint density at radius 3 is 2.74 bits per heavy atom. The third kappa shape index (κ3) is 4.87. The van der Waals surface area contributed by atoms with Crippen molar-refractivity contribution in [2.75, 3.05) is 46.4 Å². The van der Waals surface area contributed by atoms with E-state index in [0.29, 0.717) is 16.4 Å². The van der Waals surface area contributed by atoms with Crippen molar-refractivity contribution in [1.82, 2.24) is 10.2 Å². The summed E-state index contributed by atoms with van der Waals surface area (Å²) in [4.78, 5) is 15.6. The molecule has 1 aromatic rings. The van der Waals surface area contributed by atoms with E-state index in [1.165, 1.54) is 4.90 Å². The van der Waals surface area contributed by atoms with Crippen LogP contribution in [0.2, 0.25) is 0 Å². The number of piperazine rings is 1. The second-order valence-corrected chi connectivity index (χ2v) is 6.56. The van der Waals surface area contributed by atoms with Gasteiger partial charge in [0.2, 0.25) is 0 Å². The van der Waals surface area contributed by atoms with Crippen LogP contribution in [0.1, 0.15) is 10.4 Å². The number of carbonyl (C=O) groups excluding carboxylic acids is 1. The monoisotopic (exact) mass is 402 g/mol. The predicted octanol–water partition coefficient (Wildman–Crippen LogP) is -0.335. The maximum absolute atomic E-state index is 12.3. The molecule has 1 fully saturated rings. The molecule has 8 heteroatoms. The van der Waals surface area contributed by atoms with Crippen molar-refractivity contribution >= 4 is 39.2 Å². The predicted molar refractivity (Wildman–Crippen MR) is 95.0 cm³/mol. The molecule has 0 saturated carbocycles. The molecule has 0 aromatic heterocycles. The van der Waals surface area contributed by atoms with E-state index >= 15 is 0 Å². The second-order valence-electron chi connectivity index (χ2n) is 5.32. The normalized spacial score (nSPS) is 15.3. The number of thiocarbonyl (C=S) groups is 1. The van der Waals surface area contributed by atoms with Gasteiger partial charge in [-0.3, -0.25) is 10.1 Å². The molecule has 126 valence electrons. The molecule has 1 aromatic carbocycles. The first kappa shape index (κ1) is 18.1. The number of aliphatic hydroxyl groups excluding tert-OH is 1. The number of hydrogen-bond donors (Lipinski definition) is 3. The number of quaternary nitrogens is 1. The van der Waals surface area contributed by atoms with Gasteiger partial charge in [-0.15, -0.1) is 0 Å². The van der Waals surface area contributed by atoms with Crippen molar-refractivity contribution < 1.29 is 19.5 Å². The summed E-state index contributed by atoms with van der Waals surface area (Å²) < 4.78 is 5.88. The third-order valence-corrected chi connectivity index (χ3v) is 4.84. The molecule has 1 amide bonds. The molecule has 1 saturated heterocycles. The zero-order valence-electron chi connectivity index (χ0n) is 13.0. The Bertz CT molecular complexity index is 577. The van der Waals surface area contributed by atoms with Gasteiger partial charge in [-0.2, -0.15) is 0 Å². The van der Waals surface area contributed by atoms with Gasteiger partial charge in [-0.1, -0.05) is 0 Å². The third-order valence-electron chi connectivity index (χ3n) is 3.86. The Kier molecular flexibility index (Phi) is 6.76. The number of methoxy groups -OCH3 is 1. The summed E-state index contributed by atoms with van der Waals surface area (Å²) in [5.41, 5.74) is 0.518. The van der Waals surface area contributed by atoms with Crippen molar-refractivity contribution in [2.24, 2.45) is 0 Å². The molecule has 1 aliphatic heterocycles. The average Bonchev–Trinajstić information content (AvgIpc) is 2.55. The highest BCUT2D eigenvalue weighted by molar-refractivity contribution is 9.10. The Morgan fingerprint density at radius 1 is 1.48 bits per heavy atom. The van der Waals surface area contributed by atoms with Crippen molar-refractivity contribution in [3.63, 3.8) is 0 Å². The van der Waals surface area contributed by atoms with E-state index < -0.39 is 0 Å². The minimum atomic E-state index is -0.233. The van der Waals surface area contributed by atoms with Gasteiger partial charge in [0.25, 0.3) is 5.91 Å². The number of hydrogen-bond acceptors (Lipinski definition) is 4. The SMILES string of the molecule is COc1ccc(C(=O)NC(=S)N2CC[NH+](CCO)CC2)cc1Br. The number of halogens is 1. The zero-order valence-corrected chi connectivity index (χ0v) is 15.4. The van der Waals surface area contributed by atoms with Gasteiger partial charge in [-0.25, -0.2) is 0 Å². The number of amides is 1. The molecule has 0 unspecified atom stereocenters. The van der Waals surface area contributed by atoms with Gasteiger partial charge in [0, 0.05) is 5.56 Å². The van der Waals surface area contributed by atoms with Crippen LogP contribution in [0, 0.1) is 0 Å². The number of aliphatic hydroxyl groups is 1. The van der Waals surface area contributed by atoms with Crippen LogP contribution in [0.4, 0.5) is 0 Å². The van der Waals surface area contributed by atoms with E-state index in [1.54, 1.807) is 25.3 Å². The first-order valence-corrected chi connectivity index (χ1v) is 8.63. The number of ether oxygens (including phenoxy) is 1. The minimum Gasteiger partial charge on any atom is -0.496 e. The Morgan fingerprint density at radius 2 is 2.17 bits per heavy atom. The number of rotatable bonds is 4. The van der Waals surface area contributed by atoms with Crippen molar-refractivity contribution in [2.45, 2.75) is 0 Å². The number of benzene rings is 1. The topological polar surface area (TPSA) is 66.2 Å². The van der Waals surface area contributed by atoms with E-state index in [0.717, 1.165) is 37.2 Å². The van der Waals surface area contributed by atoms with E-state index in [1.807, 2.05) is 4.90 Å². The molecule has 0 radical (unpaired) electrons. The maximum Gasteiger partial charge on any atom is 0.257 e. The molecule has 2 rings (SSSR count). The first-order valence-electron chi connectivity index (χ1n) is 7.43. The molecule has 0 atom stereocenters. The highest BCUT2D eigenvalue weighted by Gasteiger charge is 2.22. The molecular formula is C15H21BrN3O3S+. The van der Waals surface area contributed by atoms with E-state index in [2.05, 4.69) is 21.2 Å². The van der Waals surface area contributed by atoms with Crippen molar-refractivity contribution in [3.8, 4) is 5.75 Å². The molecule has 3 N–H and O–H groups in total. The average molecular weight is 403 g/mol. The fraction of sp³-hybridized carbons (Fsp3) is 0.467. The fourth-order valence-corrected chi connectivity index (χ4v) is 3.31. The van der Waals surface area contributed by atoms with Crippen molar-refractivity contribution in [1.29, 1.82) is 0 Å². The lowest BCUT2D eigenvalue weighted by atomic mass is 10.2. The summed E-state index contributed by atoms with van der Waals surface area (Å²) >= 11 is 8.70. The lowest BCUT2D eigenvalue weighted by Crippen LogP contribution is -3.15. The molecule has 1 heterocycles. The molecule has 6 nitrogen and oxygen atoms in total. The van der Waals surface area contributed by atoms with Crippen LogP contribution in [-0.2, 0) is 0 Å². The summed E-state index contributed by atoms with van der Waals surface area (Å²) in [7, 11) is 1.58. The van der Waals surface area contributed by atoms with E-state index in [-0.39, 0.29) is 12.5 Å². The quantitative estimate of drug-likeness (QED) is 0.601. The number of nitrogens with one attached hydrogen (secondary N) is 2. The first-order chi connectivity index (χ1) is 11.0. The smallest absolute Gasteiger partial charge is 0.257 e. The standard InChI is InChI=1S/C15H20BrN3O3S/c1-22-13-3-2-11(10-12(13)16)14(21)17-15(23)19-6-4-18(5-7-19)8-9-20/h2-3,10,20H,4-9H2,1H3,(H,17,21,23)/p+1. The highest BCUT2D eigenvalue weighted by Crippen LogP contribution is 2.25.